The van der Waals surface area contributed by atoms with Gasteiger partial charge in [0, 0.05) is 28.1 Å². The van der Waals surface area contributed by atoms with Crippen LogP contribution in [0, 0.1) is 0 Å². The van der Waals surface area contributed by atoms with Crippen LogP contribution in [0.3, 0.4) is 0 Å². The summed E-state index contributed by atoms with van der Waals surface area (Å²) in [7, 11) is 4.72. The molecule has 0 radical (unpaired) electrons. The number of methoxy groups -OCH3 is 3. The summed E-state index contributed by atoms with van der Waals surface area (Å²) in [5, 5.41) is 1.72. The summed E-state index contributed by atoms with van der Waals surface area (Å²) in [5.41, 5.74) is 8.80. The van der Waals surface area contributed by atoms with Crippen molar-refractivity contribution in [3.63, 3.8) is 0 Å². The zero-order valence-corrected chi connectivity index (χ0v) is 14.0. The molecule has 0 spiro atoms. The minimum atomic E-state index is -0.245. The number of benzene rings is 1. The predicted octanol–water partition coefficient (Wildman–Crippen LogP) is 2.85. The van der Waals surface area contributed by atoms with Crippen molar-refractivity contribution in [3.05, 3.63) is 40.7 Å². The largest absolute Gasteiger partial charge is 0.492 e. The standard InChI is InChI=1S/C19H16N2O4/c1-23-17-10-6-7-21-16-11-8-13(22)12(20)5-4-9(11)15(14(10)16)18(24-2)19(17)25-3/h4-8H,1-3H3,(H2,20,22). The zero-order chi connectivity index (χ0) is 17.7. The van der Waals surface area contributed by atoms with Gasteiger partial charge in [0.15, 0.2) is 11.5 Å². The number of nitrogens with zero attached hydrogens (tertiary/aromatic N) is 1. The van der Waals surface area contributed by atoms with Crippen LogP contribution in [-0.2, 0) is 0 Å². The molecule has 0 amide bonds. The second-order valence-electron chi connectivity index (χ2n) is 5.68. The summed E-state index contributed by atoms with van der Waals surface area (Å²) >= 11 is 0. The van der Waals surface area contributed by atoms with Gasteiger partial charge in [-0.1, -0.05) is 6.07 Å². The fourth-order valence-corrected chi connectivity index (χ4v) is 3.45. The normalized spacial score (nSPS) is 11.3. The average molecular weight is 336 g/mol. The van der Waals surface area contributed by atoms with Crippen LogP contribution in [0.1, 0.15) is 0 Å². The van der Waals surface area contributed by atoms with Gasteiger partial charge in [-0.15, -0.1) is 0 Å². The van der Waals surface area contributed by atoms with E-state index < -0.39 is 0 Å². The Labute approximate surface area is 143 Å². The molecule has 25 heavy (non-hydrogen) atoms. The third kappa shape index (κ3) is 1.91. The molecule has 1 heterocycles. The fourth-order valence-electron chi connectivity index (χ4n) is 3.45. The number of nitrogen functional groups attached to an aromatic ring is 1. The average Bonchev–Trinajstić information content (AvgIpc) is 2.85. The molecule has 0 unspecified atom stereocenters. The van der Waals surface area contributed by atoms with E-state index in [4.69, 9.17) is 19.9 Å². The predicted molar refractivity (Wildman–Crippen MR) is 96.5 cm³/mol. The van der Waals surface area contributed by atoms with Crippen LogP contribution in [0.25, 0.3) is 33.2 Å². The summed E-state index contributed by atoms with van der Waals surface area (Å²) in [5.74, 6) is 1.61. The molecule has 4 rings (SSSR count). The molecule has 2 aromatic carbocycles. The third-order valence-electron chi connectivity index (χ3n) is 4.50. The molecule has 6 heteroatoms. The lowest BCUT2D eigenvalue weighted by atomic mass is 10.0. The minimum Gasteiger partial charge on any atom is -0.492 e. The fraction of sp³-hybridized carbons (Fsp3) is 0.158. The first-order valence-corrected chi connectivity index (χ1v) is 7.67. The van der Waals surface area contributed by atoms with Crippen molar-refractivity contribution in [2.24, 2.45) is 0 Å². The maximum atomic E-state index is 12.2. The Bertz CT molecular complexity index is 1090. The molecule has 3 aromatic rings. The molecule has 0 saturated heterocycles. The Hall–Kier alpha value is -3.28. The Balaban J connectivity index is 2.28. The monoisotopic (exact) mass is 336 g/mol. The lowest BCUT2D eigenvalue weighted by Crippen LogP contribution is -2.02. The number of nitrogens with two attached hydrogens (primary N) is 1. The first kappa shape index (κ1) is 15.3. The Morgan fingerprint density at radius 3 is 2.32 bits per heavy atom. The van der Waals surface area contributed by atoms with Gasteiger partial charge in [-0.2, -0.15) is 0 Å². The Morgan fingerprint density at radius 2 is 1.64 bits per heavy atom. The van der Waals surface area contributed by atoms with Gasteiger partial charge < -0.3 is 19.9 Å². The van der Waals surface area contributed by atoms with Crippen molar-refractivity contribution in [2.45, 2.75) is 0 Å². The van der Waals surface area contributed by atoms with Gasteiger partial charge in [-0.3, -0.25) is 9.78 Å². The highest BCUT2D eigenvalue weighted by molar-refractivity contribution is 6.18. The molecule has 0 aliphatic heterocycles. The van der Waals surface area contributed by atoms with Gasteiger partial charge in [0.2, 0.25) is 11.2 Å². The van der Waals surface area contributed by atoms with Crippen LogP contribution >= 0.6 is 0 Å². The summed E-state index contributed by atoms with van der Waals surface area (Å²) < 4.78 is 16.8. The number of hydrogen-bond donors (Lipinski definition) is 1. The van der Waals surface area contributed by atoms with Crippen LogP contribution in [0.15, 0.2) is 35.3 Å². The van der Waals surface area contributed by atoms with E-state index in [0.29, 0.717) is 22.9 Å². The number of rotatable bonds is 3. The Morgan fingerprint density at radius 1 is 0.920 bits per heavy atom. The second kappa shape index (κ2) is 5.37. The first-order valence-electron chi connectivity index (χ1n) is 7.67. The molecule has 0 bridgehead atoms. The zero-order valence-electron chi connectivity index (χ0n) is 14.0. The number of pyridine rings is 1. The molecule has 0 fully saturated rings. The lowest BCUT2D eigenvalue weighted by Gasteiger charge is -2.17. The van der Waals surface area contributed by atoms with Crippen LogP contribution in [0.4, 0.5) is 5.69 Å². The van der Waals surface area contributed by atoms with Crippen molar-refractivity contribution >= 4 is 16.5 Å². The molecule has 1 aliphatic rings. The molecule has 2 N–H and O–H groups in total. The number of anilines is 1. The number of ether oxygens (including phenoxy) is 3. The number of hydrogen-bond acceptors (Lipinski definition) is 6. The molecule has 126 valence electrons. The molecule has 6 nitrogen and oxygen atoms in total. The summed E-state index contributed by atoms with van der Waals surface area (Å²) in [6, 6.07) is 6.80. The number of aromatic nitrogens is 1. The molecule has 0 atom stereocenters. The second-order valence-corrected chi connectivity index (χ2v) is 5.68. The van der Waals surface area contributed by atoms with E-state index in [1.807, 2.05) is 12.1 Å². The summed E-state index contributed by atoms with van der Waals surface area (Å²) in [4.78, 5) is 16.7. The van der Waals surface area contributed by atoms with Gasteiger partial charge in [0.1, 0.15) is 0 Å². The van der Waals surface area contributed by atoms with Gasteiger partial charge in [0.05, 0.1) is 32.7 Å². The van der Waals surface area contributed by atoms with Crippen LogP contribution in [0.5, 0.6) is 17.2 Å². The number of fused-ring (bicyclic) bond motifs is 3. The molecule has 1 aromatic heterocycles. The van der Waals surface area contributed by atoms with E-state index in [1.54, 1.807) is 33.6 Å². The van der Waals surface area contributed by atoms with E-state index in [9.17, 15) is 4.79 Å². The Kier molecular flexibility index (Phi) is 3.28. The topological polar surface area (TPSA) is 83.7 Å². The van der Waals surface area contributed by atoms with Crippen molar-refractivity contribution in [1.82, 2.24) is 4.98 Å². The van der Waals surface area contributed by atoms with E-state index in [2.05, 4.69) is 4.98 Å². The van der Waals surface area contributed by atoms with Gasteiger partial charge >= 0.3 is 0 Å². The van der Waals surface area contributed by atoms with Gasteiger partial charge in [0.25, 0.3) is 0 Å². The van der Waals surface area contributed by atoms with Gasteiger partial charge in [-0.05, 0) is 23.8 Å². The summed E-state index contributed by atoms with van der Waals surface area (Å²) in [6.07, 6.45) is 1.69. The highest BCUT2D eigenvalue weighted by Crippen LogP contribution is 2.57. The van der Waals surface area contributed by atoms with E-state index in [0.717, 1.165) is 27.5 Å². The summed E-state index contributed by atoms with van der Waals surface area (Å²) in [6.45, 7) is 0. The van der Waals surface area contributed by atoms with Crippen molar-refractivity contribution < 1.29 is 14.2 Å². The van der Waals surface area contributed by atoms with E-state index in [-0.39, 0.29) is 11.1 Å². The van der Waals surface area contributed by atoms with Crippen molar-refractivity contribution in [3.8, 4) is 39.6 Å². The maximum absolute atomic E-state index is 12.2. The SMILES string of the molecule is COc1c(OC)c2c3c(nccc3c1OC)-c1cc(=O)c(N)ccc1-2. The van der Waals surface area contributed by atoms with E-state index in [1.165, 1.54) is 6.07 Å². The quantitative estimate of drug-likeness (QED) is 0.619. The van der Waals surface area contributed by atoms with Crippen LogP contribution in [-0.4, -0.2) is 26.3 Å². The maximum Gasteiger partial charge on any atom is 0.204 e. The molecular formula is C19H16N2O4. The van der Waals surface area contributed by atoms with E-state index >= 15 is 0 Å². The van der Waals surface area contributed by atoms with Crippen molar-refractivity contribution in [2.75, 3.05) is 27.1 Å². The minimum absolute atomic E-state index is 0.183. The molecular weight excluding hydrogens is 320 g/mol. The van der Waals surface area contributed by atoms with Crippen LogP contribution < -0.4 is 25.4 Å². The molecule has 1 aliphatic carbocycles. The van der Waals surface area contributed by atoms with Crippen LogP contribution in [0.2, 0.25) is 0 Å². The lowest BCUT2D eigenvalue weighted by molar-refractivity contribution is 0.328. The highest BCUT2D eigenvalue weighted by Gasteiger charge is 2.31. The van der Waals surface area contributed by atoms with Gasteiger partial charge in [-0.25, -0.2) is 0 Å². The third-order valence-corrected chi connectivity index (χ3v) is 4.50. The first-order chi connectivity index (χ1) is 12.1. The highest BCUT2D eigenvalue weighted by atomic mass is 16.5. The smallest absolute Gasteiger partial charge is 0.204 e. The molecule has 0 saturated carbocycles. The van der Waals surface area contributed by atoms with Crippen molar-refractivity contribution in [1.29, 1.82) is 0 Å².